The summed E-state index contributed by atoms with van der Waals surface area (Å²) in [6.45, 7) is 0. The fraction of sp³-hybridized carbons (Fsp3) is 0.125. The molecule has 1 rings (SSSR count). The van der Waals surface area contributed by atoms with Crippen LogP contribution in [-0.4, -0.2) is 13.5 Å². The van der Waals surface area contributed by atoms with Crippen molar-refractivity contribution in [3.63, 3.8) is 0 Å². The third-order valence-corrected chi connectivity index (χ3v) is 1.19. The van der Waals surface area contributed by atoms with Crippen molar-refractivity contribution in [3.8, 4) is 0 Å². The molecule has 0 bridgehead atoms. The molecule has 0 saturated heterocycles. The number of anilines is 1. The van der Waals surface area contributed by atoms with Crippen LogP contribution in [0.1, 0.15) is 0 Å². The minimum atomic E-state index is 0. The second-order valence-corrected chi connectivity index (χ2v) is 1.90. The molecule has 0 aromatic heterocycles. The van der Waals surface area contributed by atoms with Crippen molar-refractivity contribution in [1.82, 2.24) is 0 Å². The van der Waals surface area contributed by atoms with Gasteiger partial charge in [-0.2, -0.15) is 18.2 Å². The van der Waals surface area contributed by atoms with E-state index in [4.69, 9.17) is 0 Å². The van der Waals surface area contributed by atoms with E-state index in [0.717, 1.165) is 5.69 Å². The summed E-state index contributed by atoms with van der Waals surface area (Å²) in [7, 11) is 1.64. The summed E-state index contributed by atoms with van der Waals surface area (Å²) < 4.78 is 0. The molecule has 1 amide bonds. The van der Waals surface area contributed by atoms with Crippen LogP contribution in [0.5, 0.6) is 0 Å². The molecular weight excluding hydrogens is 233 g/mol. The van der Waals surface area contributed by atoms with Crippen molar-refractivity contribution in [3.05, 3.63) is 30.3 Å². The molecule has 11 heavy (non-hydrogen) atoms. The first kappa shape index (κ1) is 10.4. The Morgan fingerprint density at radius 1 is 1.55 bits per heavy atom. The smallest absolute Gasteiger partial charge is 0.501 e. The first-order valence-corrected chi connectivity index (χ1v) is 2.93. The van der Waals surface area contributed by atoms with Crippen LogP contribution < -0.4 is 4.90 Å². The molecule has 0 aliphatic carbocycles. The summed E-state index contributed by atoms with van der Waals surface area (Å²) in [4.78, 5) is 11.4. The fourth-order valence-corrected chi connectivity index (χ4v) is 0.642. The maximum Gasteiger partial charge on any atom is 2.00 e. The molecule has 1 aromatic carbocycles. The zero-order chi connectivity index (χ0) is 7.40. The van der Waals surface area contributed by atoms with E-state index < -0.39 is 0 Å². The number of nitrogens with zero attached hydrogens (tertiary/aromatic N) is 1. The predicted octanol–water partition coefficient (Wildman–Crippen LogP) is 0.988. The monoisotopic (exact) mass is 239 g/mol. The number of benzene rings is 1. The molecule has 3 heteroatoms. The van der Waals surface area contributed by atoms with Crippen LogP contribution in [0.15, 0.2) is 24.3 Å². The fourth-order valence-electron chi connectivity index (χ4n) is 0.642. The van der Waals surface area contributed by atoms with Gasteiger partial charge in [-0.1, -0.05) is 0 Å². The summed E-state index contributed by atoms with van der Waals surface area (Å²) >= 11 is 0. The van der Waals surface area contributed by atoms with E-state index in [2.05, 4.69) is 6.07 Å². The average Bonchev–Trinajstić information content (AvgIpc) is 2.05. The Morgan fingerprint density at radius 3 is 2.73 bits per heavy atom. The molecule has 0 unspecified atom stereocenters. The van der Waals surface area contributed by atoms with Gasteiger partial charge < -0.3 is 9.69 Å². The molecule has 1 aromatic rings. The summed E-state index contributed by atoms with van der Waals surface area (Å²) in [5.41, 5.74) is 0.734. The largest absolute Gasteiger partial charge is 2.00 e. The minimum Gasteiger partial charge on any atom is -0.501 e. The Balaban J connectivity index is 0.000001000. The van der Waals surface area contributed by atoms with Gasteiger partial charge in [0.15, 0.2) is 0 Å². The SMILES string of the molecule is CN([C-]=O)c1[c-]cccc1.[Pd+2]. The van der Waals surface area contributed by atoms with Crippen LogP contribution in [0.3, 0.4) is 0 Å². The molecule has 0 atom stereocenters. The zero-order valence-corrected chi connectivity index (χ0v) is 7.54. The quantitative estimate of drug-likeness (QED) is 0.428. The van der Waals surface area contributed by atoms with Crippen molar-refractivity contribution in [2.45, 2.75) is 0 Å². The molecule has 0 spiro atoms. The average molecular weight is 240 g/mol. The van der Waals surface area contributed by atoms with Gasteiger partial charge in [0, 0.05) is 0 Å². The van der Waals surface area contributed by atoms with Gasteiger partial charge in [-0.05, 0) is 7.05 Å². The summed E-state index contributed by atoms with van der Waals surface area (Å²) in [5.74, 6) is 0. The van der Waals surface area contributed by atoms with E-state index in [9.17, 15) is 4.79 Å². The predicted molar refractivity (Wildman–Crippen MR) is 39.4 cm³/mol. The van der Waals surface area contributed by atoms with E-state index >= 15 is 0 Å². The van der Waals surface area contributed by atoms with Crippen LogP contribution in [0.2, 0.25) is 0 Å². The van der Waals surface area contributed by atoms with E-state index in [1.807, 2.05) is 12.1 Å². The molecule has 0 fully saturated rings. The van der Waals surface area contributed by atoms with Gasteiger partial charge in [0.05, 0.1) is 6.41 Å². The van der Waals surface area contributed by atoms with Crippen LogP contribution >= 0.6 is 0 Å². The van der Waals surface area contributed by atoms with E-state index in [0.29, 0.717) is 0 Å². The van der Waals surface area contributed by atoms with Crippen LogP contribution in [0.4, 0.5) is 5.69 Å². The number of rotatable bonds is 2. The Kier molecular flexibility index (Phi) is 4.76. The first-order chi connectivity index (χ1) is 4.84. The maximum absolute atomic E-state index is 10.1. The second kappa shape index (κ2) is 5.06. The number of carbonyl (C=O) groups excluding carboxylic acids is 1. The number of hydrogen-bond acceptors (Lipinski definition) is 1. The third kappa shape index (κ3) is 2.84. The molecule has 0 radical (unpaired) electrons. The second-order valence-electron chi connectivity index (χ2n) is 1.90. The van der Waals surface area contributed by atoms with Crippen molar-refractivity contribution in [2.24, 2.45) is 0 Å². The summed E-state index contributed by atoms with van der Waals surface area (Å²) in [6.07, 6.45) is 1.73. The van der Waals surface area contributed by atoms with Crippen molar-refractivity contribution in [2.75, 3.05) is 11.9 Å². The molecule has 0 saturated carbocycles. The first-order valence-electron chi connectivity index (χ1n) is 2.93. The Morgan fingerprint density at radius 2 is 2.27 bits per heavy atom. The number of para-hydroxylation sites is 1. The van der Waals surface area contributed by atoms with Crippen LogP contribution in [0.25, 0.3) is 0 Å². The van der Waals surface area contributed by atoms with Crippen molar-refractivity contribution in [1.29, 1.82) is 0 Å². The molecular formula is C8H7NOPd. The summed E-state index contributed by atoms with van der Waals surface area (Å²) in [6, 6.07) is 10.1. The van der Waals surface area contributed by atoms with Gasteiger partial charge in [0.2, 0.25) is 0 Å². The van der Waals surface area contributed by atoms with Gasteiger partial charge >= 0.3 is 20.4 Å². The Labute approximate surface area is 79.9 Å². The Hall–Kier alpha value is -0.648. The molecule has 0 aliphatic rings. The standard InChI is InChI=1S/C8H7NO.Pd/c1-9(7-10)8-5-3-2-4-6-8;/h2-5H,1H3;/q-2;+2. The molecule has 0 N–H and O–H groups in total. The molecule has 0 aliphatic heterocycles. The van der Waals surface area contributed by atoms with E-state index in [-0.39, 0.29) is 20.4 Å². The van der Waals surface area contributed by atoms with Gasteiger partial charge in [-0.25, -0.2) is 11.8 Å². The van der Waals surface area contributed by atoms with Crippen LogP contribution in [-0.2, 0) is 25.2 Å². The molecule has 0 heterocycles. The number of hydrogen-bond donors (Lipinski definition) is 0. The maximum atomic E-state index is 10.1. The van der Waals surface area contributed by atoms with E-state index in [1.165, 1.54) is 4.90 Å². The normalized spacial score (nSPS) is 8.09. The van der Waals surface area contributed by atoms with Gasteiger partial charge in [-0.3, -0.25) is 6.07 Å². The van der Waals surface area contributed by atoms with Crippen LogP contribution in [0, 0.1) is 6.07 Å². The van der Waals surface area contributed by atoms with Crippen molar-refractivity contribution >= 4 is 12.1 Å². The molecule has 60 valence electrons. The minimum absolute atomic E-state index is 0. The van der Waals surface area contributed by atoms with Gasteiger partial charge in [0.25, 0.3) is 0 Å². The van der Waals surface area contributed by atoms with Gasteiger partial charge in [-0.15, -0.1) is 0 Å². The topological polar surface area (TPSA) is 20.3 Å². The summed E-state index contributed by atoms with van der Waals surface area (Å²) in [5, 5.41) is 0. The Bertz CT molecular complexity index is 213. The third-order valence-electron chi connectivity index (χ3n) is 1.19. The van der Waals surface area contributed by atoms with Crippen molar-refractivity contribution < 1.29 is 25.2 Å². The molecule has 2 nitrogen and oxygen atoms in total. The zero-order valence-electron chi connectivity index (χ0n) is 5.98. The number of amides is 1. The van der Waals surface area contributed by atoms with Gasteiger partial charge in [0.1, 0.15) is 0 Å². The van der Waals surface area contributed by atoms with E-state index in [1.54, 1.807) is 25.6 Å².